The van der Waals surface area contributed by atoms with Gasteiger partial charge < -0.3 is 15.3 Å². The van der Waals surface area contributed by atoms with Crippen LogP contribution in [0.5, 0.6) is 0 Å². The molecule has 1 rings (SSSR count). The van der Waals surface area contributed by atoms with Gasteiger partial charge in [-0.1, -0.05) is 0 Å². The van der Waals surface area contributed by atoms with Crippen molar-refractivity contribution < 1.29 is 22.7 Å². The molecule has 1 aromatic heterocycles. The molecule has 0 radical (unpaired) electrons. The molecule has 6 heteroatoms. The van der Waals surface area contributed by atoms with Gasteiger partial charge in [0.25, 0.3) is 0 Å². The molecule has 3 nitrogen and oxygen atoms in total. The zero-order valence-electron chi connectivity index (χ0n) is 7.21. The molecule has 1 unspecified atom stereocenters. The molecule has 3 N–H and O–H groups in total. The summed E-state index contributed by atoms with van der Waals surface area (Å²) in [5.74, 6) is -1.03. The number of nitrogens with two attached hydrogens (primary N) is 1. The summed E-state index contributed by atoms with van der Waals surface area (Å²) in [5.41, 5.74) is 5.44. The van der Waals surface area contributed by atoms with Crippen LogP contribution in [0.25, 0.3) is 0 Å². The molecular weight excluding hydrogens is 199 g/mol. The van der Waals surface area contributed by atoms with Crippen molar-refractivity contribution in [3.63, 3.8) is 0 Å². The summed E-state index contributed by atoms with van der Waals surface area (Å²) in [6, 6.07) is 1.30. The van der Waals surface area contributed by atoms with Crippen molar-refractivity contribution in [1.29, 1.82) is 0 Å². The fourth-order valence-corrected chi connectivity index (χ4v) is 0.986. The molecule has 0 fully saturated rings. The summed E-state index contributed by atoms with van der Waals surface area (Å²) in [6.45, 7) is -0.191. The number of furan rings is 1. The van der Waals surface area contributed by atoms with E-state index in [2.05, 4.69) is 4.42 Å². The SMILES string of the molecule is NC(CCO)c1ccc(C(F)(F)F)o1. The molecule has 1 heterocycles. The zero-order valence-corrected chi connectivity index (χ0v) is 7.21. The van der Waals surface area contributed by atoms with Crippen molar-refractivity contribution in [3.8, 4) is 0 Å². The maximum absolute atomic E-state index is 12.1. The Labute approximate surface area is 78.3 Å². The van der Waals surface area contributed by atoms with Crippen LogP contribution in [-0.4, -0.2) is 11.7 Å². The topological polar surface area (TPSA) is 59.4 Å². The normalized spacial score (nSPS) is 14.4. The van der Waals surface area contributed by atoms with Crippen LogP contribution in [0.15, 0.2) is 16.5 Å². The lowest BCUT2D eigenvalue weighted by molar-refractivity contribution is -0.153. The standard InChI is InChI=1S/C8H10F3NO2/c9-8(10,11)7-2-1-6(14-7)5(12)3-4-13/h1-2,5,13H,3-4,12H2. The minimum absolute atomic E-state index is 0.0337. The number of aliphatic hydroxyl groups excluding tert-OH is 1. The van der Waals surface area contributed by atoms with Crippen LogP contribution < -0.4 is 5.73 Å². The predicted octanol–water partition coefficient (Wildman–Crippen LogP) is 1.68. The largest absolute Gasteiger partial charge is 0.455 e. The highest BCUT2D eigenvalue weighted by molar-refractivity contribution is 5.12. The number of hydrogen-bond acceptors (Lipinski definition) is 3. The molecule has 0 aliphatic carbocycles. The summed E-state index contributed by atoms with van der Waals surface area (Å²) in [7, 11) is 0. The highest BCUT2D eigenvalue weighted by Crippen LogP contribution is 2.32. The molecule has 0 amide bonds. The third-order valence-electron chi connectivity index (χ3n) is 1.71. The molecule has 1 aromatic rings. The molecule has 80 valence electrons. The highest BCUT2D eigenvalue weighted by Gasteiger charge is 2.35. The van der Waals surface area contributed by atoms with Crippen molar-refractivity contribution in [2.75, 3.05) is 6.61 Å². The first-order chi connectivity index (χ1) is 6.45. The summed E-state index contributed by atoms with van der Waals surface area (Å²) >= 11 is 0. The Hall–Kier alpha value is -1.01. The van der Waals surface area contributed by atoms with Crippen molar-refractivity contribution in [2.45, 2.75) is 18.6 Å². The Bertz CT molecular complexity index is 295. The molecule has 0 spiro atoms. The van der Waals surface area contributed by atoms with Gasteiger partial charge in [-0.15, -0.1) is 0 Å². The number of aliphatic hydroxyl groups is 1. The van der Waals surface area contributed by atoms with Crippen LogP contribution >= 0.6 is 0 Å². The number of halogens is 3. The first kappa shape index (κ1) is 11.1. The third-order valence-corrected chi connectivity index (χ3v) is 1.71. The Kier molecular flexibility index (Phi) is 3.17. The molecule has 1 atom stereocenters. The van der Waals surface area contributed by atoms with E-state index in [0.29, 0.717) is 0 Å². The zero-order chi connectivity index (χ0) is 10.8. The van der Waals surface area contributed by atoms with Gasteiger partial charge in [0.2, 0.25) is 5.76 Å². The average molecular weight is 209 g/mol. The first-order valence-corrected chi connectivity index (χ1v) is 3.98. The van der Waals surface area contributed by atoms with E-state index in [0.717, 1.165) is 6.07 Å². The van der Waals surface area contributed by atoms with Gasteiger partial charge in [0.15, 0.2) is 0 Å². The summed E-state index contributed by atoms with van der Waals surface area (Å²) in [5, 5.41) is 8.52. The third kappa shape index (κ3) is 2.49. The van der Waals surface area contributed by atoms with E-state index in [-0.39, 0.29) is 18.8 Å². The fourth-order valence-electron chi connectivity index (χ4n) is 0.986. The van der Waals surface area contributed by atoms with E-state index in [1.54, 1.807) is 0 Å². The van der Waals surface area contributed by atoms with Crippen LogP contribution in [0.1, 0.15) is 24.0 Å². The van der Waals surface area contributed by atoms with Crippen molar-refractivity contribution >= 4 is 0 Å². The molecule has 0 aliphatic rings. The maximum Gasteiger partial charge on any atom is 0.449 e. The van der Waals surface area contributed by atoms with Crippen molar-refractivity contribution in [3.05, 3.63) is 23.7 Å². The lowest BCUT2D eigenvalue weighted by atomic mass is 10.2. The van der Waals surface area contributed by atoms with Crippen molar-refractivity contribution in [1.82, 2.24) is 0 Å². The summed E-state index contributed by atoms with van der Waals surface area (Å²) in [6.07, 6.45) is -4.32. The van der Waals surface area contributed by atoms with E-state index < -0.39 is 18.0 Å². The Morgan fingerprint density at radius 2 is 2.07 bits per heavy atom. The molecule has 0 aliphatic heterocycles. The number of hydrogen-bond donors (Lipinski definition) is 2. The van der Waals surface area contributed by atoms with Gasteiger partial charge in [0, 0.05) is 6.61 Å². The lowest BCUT2D eigenvalue weighted by Crippen LogP contribution is -2.11. The van der Waals surface area contributed by atoms with Gasteiger partial charge in [0.05, 0.1) is 6.04 Å². The second-order valence-corrected chi connectivity index (χ2v) is 2.82. The minimum atomic E-state index is -4.49. The predicted molar refractivity (Wildman–Crippen MR) is 42.3 cm³/mol. The molecule has 0 saturated carbocycles. The summed E-state index contributed by atoms with van der Waals surface area (Å²) in [4.78, 5) is 0. The molecule has 0 saturated heterocycles. The lowest BCUT2D eigenvalue weighted by Gasteiger charge is -2.06. The van der Waals surface area contributed by atoms with Crippen LogP contribution in [0.4, 0.5) is 13.2 Å². The van der Waals surface area contributed by atoms with E-state index in [1.807, 2.05) is 0 Å². The van der Waals surface area contributed by atoms with Gasteiger partial charge in [-0.05, 0) is 18.6 Å². The fraction of sp³-hybridized carbons (Fsp3) is 0.500. The van der Waals surface area contributed by atoms with E-state index in [9.17, 15) is 13.2 Å². The van der Waals surface area contributed by atoms with Crippen LogP contribution in [-0.2, 0) is 6.18 Å². The second-order valence-electron chi connectivity index (χ2n) is 2.82. The highest BCUT2D eigenvalue weighted by atomic mass is 19.4. The van der Waals surface area contributed by atoms with E-state index in [1.165, 1.54) is 6.07 Å². The molecular formula is C8H10F3NO2. The molecule has 0 aromatic carbocycles. The van der Waals surface area contributed by atoms with Gasteiger partial charge in [-0.2, -0.15) is 13.2 Å². The first-order valence-electron chi connectivity index (χ1n) is 3.98. The van der Waals surface area contributed by atoms with E-state index >= 15 is 0 Å². The Morgan fingerprint density at radius 1 is 1.43 bits per heavy atom. The minimum Gasteiger partial charge on any atom is -0.455 e. The molecule has 0 bridgehead atoms. The van der Waals surface area contributed by atoms with Crippen LogP contribution in [0.2, 0.25) is 0 Å². The maximum atomic E-state index is 12.1. The van der Waals surface area contributed by atoms with Gasteiger partial charge in [-0.25, -0.2) is 0 Å². The quantitative estimate of drug-likeness (QED) is 0.796. The van der Waals surface area contributed by atoms with E-state index in [4.69, 9.17) is 10.8 Å². The van der Waals surface area contributed by atoms with Crippen molar-refractivity contribution in [2.24, 2.45) is 5.73 Å². The second kappa shape index (κ2) is 4.02. The van der Waals surface area contributed by atoms with Gasteiger partial charge in [-0.3, -0.25) is 0 Å². The number of rotatable bonds is 3. The van der Waals surface area contributed by atoms with Gasteiger partial charge in [0.1, 0.15) is 5.76 Å². The monoisotopic (exact) mass is 209 g/mol. The van der Waals surface area contributed by atoms with Crippen LogP contribution in [0, 0.1) is 0 Å². The van der Waals surface area contributed by atoms with Gasteiger partial charge >= 0.3 is 6.18 Å². The number of alkyl halides is 3. The Balaban J connectivity index is 2.78. The van der Waals surface area contributed by atoms with Crippen LogP contribution in [0.3, 0.4) is 0 Å². The average Bonchev–Trinajstić information content (AvgIpc) is 2.51. The molecule has 14 heavy (non-hydrogen) atoms. The summed E-state index contributed by atoms with van der Waals surface area (Å²) < 4.78 is 40.7. The Morgan fingerprint density at radius 3 is 2.50 bits per heavy atom. The smallest absolute Gasteiger partial charge is 0.449 e.